The van der Waals surface area contributed by atoms with E-state index in [1.54, 1.807) is 19.1 Å². The number of aromatic hydroxyl groups is 1. The van der Waals surface area contributed by atoms with Gasteiger partial charge in [-0.1, -0.05) is 43.9 Å². The normalized spacial score (nSPS) is 13.9. The first-order chi connectivity index (χ1) is 9.36. The third kappa shape index (κ3) is 4.88. The lowest BCUT2D eigenvalue weighted by Crippen LogP contribution is -2.12. The SMILES string of the molecule is C=CC(C)(C=Cc1ccc(O)cc1)CCC(=O)C(=C)C. The van der Waals surface area contributed by atoms with Crippen LogP contribution in [0, 0.1) is 5.41 Å². The van der Waals surface area contributed by atoms with Crippen LogP contribution in [0.1, 0.15) is 32.3 Å². The molecule has 0 aromatic heterocycles. The largest absolute Gasteiger partial charge is 0.508 e. The molecule has 2 heteroatoms. The first-order valence-corrected chi connectivity index (χ1v) is 6.67. The lowest BCUT2D eigenvalue weighted by Gasteiger charge is -2.21. The molecule has 0 aliphatic rings. The van der Waals surface area contributed by atoms with Crippen molar-refractivity contribution >= 4 is 11.9 Å². The summed E-state index contributed by atoms with van der Waals surface area (Å²) in [6, 6.07) is 6.98. The lowest BCUT2D eigenvalue weighted by atomic mass is 9.83. The van der Waals surface area contributed by atoms with E-state index in [-0.39, 0.29) is 16.9 Å². The molecule has 0 saturated heterocycles. The number of hydrogen-bond acceptors (Lipinski definition) is 2. The number of hydrogen-bond donors (Lipinski definition) is 1. The van der Waals surface area contributed by atoms with Gasteiger partial charge in [-0.2, -0.15) is 0 Å². The number of Topliss-reactive ketones (excluding diaryl/α,β-unsaturated/α-hetero) is 1. The Bertz CT molecular complexity index is 523. The Balaban J connectivity index is 2.73. The highest BCUT2D eigenvalue weighted by atomic mass is 16.3. The molecule has 1 aromatic rings. The topological polar surface area (TPSA) is 37.3 Å². The zero-order chi connectivity index (χ0) is 15.2. The van der Waals surface area contributed by atoms with Gasteiger partial charge in [-0.05, 0) is 36.6 Å². The van der Waals surface area contributed by atoms with E-state index >= 15 is 0 Å². The van der Waals surface area contributed by atoms with Gasteiger partial charge in [0, 0.05) is 11.8 Å². The molecule has 0 fully saturated rings. The molecule has 0 spiro atoms. The molecule has 0 heterocycles. The van der Waals surface area contributed by atoms with Gasteiger partial charge in [-0.3, -0.25) is 4.79 Å². The van der Waals surface area contributed by atoms with Gasteiger partial charge in [0.1, 0.15) is 5.75 Å². The molecule has 0 amide bonds. The van der Waals surface area contributed by atoms with Crippen LogP contribution in [0.3, 0.4) is 0 Å². The minimum atomic E-state index is -0.233. The fourth-order valence-corrected chi connectivity index (χ4v) is 1.72. The van der Waals surface area contributed by atoms with Gasteiger partial charge in [-0.25, -0.2) is 0 Å². The van der Waals surface area contributed by atoms with E-state index in [2.05, 4.69) is 13.2 Å². The minimum absolute atomic E-state index is 0.0936. The van der Waals surface area contributed by atoms with Crippen molar-refractivity contribution < 1.29 is 9.90 Å². The second kappa shape index (κ2) is 6.90. The summed E-state index contributed by atoms with van der Waals surface area (Å²) < 4.78 is 0. The smallest absolute Gasteiger partial charge is 0.158 e. The molecule has 1 N–H and O–H groups in total. The monoisotopic (exact) mass is 270 g/mol. The van der Waals surface area contributed by atoms with Gasteiger partial charge in [0.15, 0.2) is 5.78 Å². The van der Waals surface area contributed by atoms with Crippen molar-refractivity contribution in [2.75, 3.05) is 0 Å². The van der Waals surface area contributed by atoms with Crippen LogP contribution < -0.4 is 0 Å². The lowest BCUT2D eigenvalue weighted by molar-refractivity contribution is -0.115. The van der Waals surface area contributed by atoms with Gasteiger partial charge in [0.25, 0.3) is 0 Å². The van der Waals surface area contributed by atoms with Crippen molar-refractivity contribution in [2.45, 2.75) is 26.7 Å². The first-order valence-electron chi connectivity index (χ1n) is 6.67. The van der Waals surface area contributed by atoms with Crippen molar-refractivity contribution in [3.05, 3.63) is 60.7 Å². The second-order valence-corrected chi connectivity index (χ2v) is 5.34. The van der Waals surface area contributed by atoms with Gasteiger partial charge >= 0.3 is 0 Å². The maximum Gasteiger partial charge on any atom is 0.158 e. The van der Waals surface area contributed by atoms with Crippen molar-refractivity contribution in [3.63, 3.8) is 0 Å². The number of phenols is 1. The molecule has 1 rings (SSSR count). The number of benzene rings is 1. The molecule has 0 aliphatic carbocycles. The first kappa shape index (κ1) is 16.0. The van der Waals surface area contributed by atoms with E-state index in [9.17, 15) is 9.90 Å². The molecule has 0 bridgehead atoms. The average molecular weight is 270 g/mol. The van der Waals surface area contributed by atoms with Crippen LogP contribution in [-0.2, 0) is 4.79 Å². The minimum Gasteiger partial charge on any atom is -0.508 e. The maximum absolute atomic E-state index is 11.6. The Hall–Kier alpha value is -2.09. The molecule has 0 radical (unpaired) electrons. The van der Waals surface area contributed by atoms with Crippen LogP contribution >= 0.6 is 0 Å². The summed E-state index contributed by atoms with van der Waals surface area (Å²) in [5.41, 5.74) is 1.37. The molecule has 0 aliphatic heterocycles. The van der Waals surface area contributed by atoms with Gasteiger partial charge in [0.2, 0.25) is 0 Å². The van der Waals surface area contributed by atoms with Crippen LogP contribution in [-0.4, -0.2) is 10.9 Å². The molecule has 1 aromatic carbocycles. The van der Waals surface area contributed by atoms with Crippen molar-refractivity contribution in [1.29, 1.82) is 0 Å². The number of ketones is 1. The van der Waals surface area contributed by atoms with E-state index in [0.29, 0.717) is 18.4 Å². The fraction of sp³-hybridized carbons (Fsp3) is 0.278. The molecular weight excluding hydrogens is 248 g/mol. The Morgan fingerprint density at radius 3 is 2.45 bits per heavy atom. The van der Waals surface area contributed by atoms with E-state index in [0.717, 1.165) is 5.56 Å². The summed E-state index contributed by atoms with van der Waals surface area (Å²) >= 11 is 0. The second-order valence-electron chi connectivity index (χ2n) is 5.34. The molecule has 106 valence electrons. The van der Waals surface area contributed by atoms with Gasteiger partial charge in [0.05, 0.1) is 0 Å². The summed E-state index contributed by atoms with van der Waals surface area (Å²) in [6.07, 6.45) is 7.05. The molecule has 2 nitrogen and oxygen atoms in total. The maximum atomic E-state index is 11.6. The van der Waals surface area contributed by atoms with E-state index in [1.807, 2.05) is 37.3 Å². The van der Waals surface area contributed by atoms with Crippen molar-refractivity contribution in [1.82, 2.24) is 0 Å². The summed E-state index contributed by atoms with van der Waals surface area (Å²) in [5.74, 6) is 0.344. The van der Waals surface area contributed by atoms with Gasteiger partial charge in [-0.15, -0.1) is 6.58 Å². The molecular formula is C18H22O2. The number of allylic oxidation sites excluding steroid dienone is 3. The number of carbonyl (C=O) groups excluding carboxylic acids is 1. The summed E-state index contributed by atoms with van der Waals surface area (Å²) in [6.45, 7) is 11.3. The highest BCUT2D eigenvalue weighted by molar-refractivity contribution is 5.94. The third-order valence-corrected chi connectivity index (χ3v) is 3.38. The standard InChI is InChI=1S/C18H22O2/c1-5-18(4,13-11-17(20)14(2)3)12-10-15-6-8-16(19)9-7-15/h5-10,12,19H,1-2,11,13H2,3-4H3. The fourth-order valence-electron chi connectivity index (χ4n) is 1.72. The quantitative estimate of drug-likeness (QED) is 0.584. The molecule has 1 unspecified atom stereocenters. The van der Waals surface area contributed by atoms with Crippen LogP contribution in [0.2, 0.25) is 0 Å². The Labute approximate surface area is 121 Å². The summed E-state index contributed by atoms with van der Waals surface area (Å²) in [5, 5.41) is 9.24. The zero-order valence-electron chi connectivity index (χ0n) is 12.2. The Morgan fingerprint density at radius 2 is 1.95 bits per heavy atom. The van der Waals surface area contributed by atoms with Crippen LogP contribution in [0.4, 0.5) is 0 Å². The highest BCUT2D eigenvalue weighted by Crippen LogP contribution is 2.28. The number of phenolic OH excluding ortho intramolecular Hbond substituents is 1. The number of carbonyl (C=O) groups is 1. The molecule has 1 atom stereocenters. The summed E-state index contributed by atoms with van der Waals surface area (Å²) in [7, 11) is 0. The van der Waals surface area contributed by atoms with E-state index in [4.69, 9.17) is 0 Å². The predicted octanol–water partition coefficient (Wildman–Crippen LogP) is 4.52. The Morgan fingerprint density at radius 1 is 1.35 bits per heavy atom. The predicted molar refractivity (Wildman–Crippen MR) is 84.5 cm³/mol. The highest BCUT2D eigenvalue weighted by Gasteiger charge is 2.18. The van der Waals surface area contributed by atoms with E-state index in [1.165, 1.54) is 0 Å². The van der Waals surface area contributed by atoms with E-state index < -0.39 is 0 Å². The third-order valence-electron chi connectivity index (χ3n) is 3.38. The molecule has 20 heavy (non-hydrogen) atoms. The van der Waals surface area contributed by atoms with Crippen LogP contribution in [0.15, 0.2) is 55.1 Å². The van der Waals surface area contributed by atoms with Crippen molar-refractivity contribution in [2.24, 2.45) is 5.41 Å². The average Bonchev–Trinajstić information content (AvgIpc) is 2.44. The van der Waals surface area contributed by atoms with Crippen LogP contribution in [0.25, 0.3) is 6.08 Å². The van der Waals surface area contributed by atoms with Crippen LogP contribution in [0.5, 0.6) is 5.75 Å². The number of rotatable bonds is 7. The summed E-state index contributed by atoms with van der Waals surface area (Å²) in [4.78, 5) is 11.6. The zero-order valence-corrected chi connectivity index (χ0v) is 12.2. The molecule has 0 saturated carbocycles. The van der Waals surface area contributed by atoms with Crippen molar-refractivity contribution in [3.8, 4) is 5.75 Å². The van der Waals surface area contributed by atoms with Gasteiger partial charge < -0.3 is 5.11 Å². The Kier molecular flexibility index (Phi) is 5.51.